The Morgan fingerprint density at radius 1 is 0.828 bits per heavy atom. The highest BCUT2D eigenvalue weighted by atomic mass is 16.2. The number of rotatable bonds is 8. The monoisotopic (exact) mass is 402 g/mol. The van der Waals surface area contributed by atoms with Crippen molar-refractivity contribution in [2.45, 2.75) is 69.1 Å². The first-order chi connectivity index (χ1) is 13.8. The summed E-state index contributed by atoms with van der Waals surface area (Å²) >= 11 is 0. The zero-order chi connectivity index (χ0) is 21.6. The maximum Gasteiger partial charge on any atom is 0.241 e. The van der Waals surface area contributed by atoms with Gasteiger partial charge in [-0.1, -0.05) is 0 Å². The van der Waals surface area contributed by atoms with E-state index in [0.29, 0.717) is 38.8 Å². The quantitative estimate of drug-likeness (QED) is 0.485. The molecule has 0 radical (unpaired) electrons. The molecule has 2 amide bonds. The highest BCUT2D eigenvalue weighted by Gasteiger charge is 2.34. The minimum absolute atomic E-state index is 0.314. The van der Waals surface area contributed by atoms with Gasteiger partial charge in [0.05, 0.1) is 30.6 Å². The van der Waals surface area contributed by atoms with E-state index >= 15 is 0 Å². The Morgan fingerprint density at radius 2 is 1.21 bits per heavy atom. The Kier molecular flexibility index (Phi) is 7.82. The molecule has 2 heterocycles. The minimum atomic E-state index is -1.11. The molecule has 2 aliphatic heterocycles. The molecule has 0 saturated carbocycles. The fourth-order valence-corrected chi connectivity index (χ4v) is 3.78. The molecule has 0 aromatic carbocycles. The lowest BCUT2D eigenvalue weighted by molar-refractivity contribution is -0.137. The lowest BCUT2D eigenvalue weighted by Crippen LogP contribution is -2.47. The summed E-state index contributed by atoms with van der Waals surface area (Å²) in [5, 5.41) is 18.1. The first-order valence-corrected chi connectivity index (χ1v) is 9.73. The van der Waals surface area contributed by atoms with Gasteiger partial charge in [0.2, 0.25) is 11.8 Å². The number of nitrogens with zero attached hydrogens (tertiary/aromatic N) is 4. The molecule has 4 atom stereocenters. The molecule has 29 heavy (non-hydrogen) atoms. The Hall–Kier alpha value is -2.82. The number of amides is 2. The number of ketones is 2. The van der Waals surface area contributed by atoms with E-state index in [1.807, 2.05) is 12.1 Å². The van der Waals surface area contributed by atoms with E-state index < -0.39 is 54.0 Å². The standard InChI is InChI=1S/C19H26N6O4/c20-10-12-3-1-5-24(12)18(28)16(22)8-14(26)7-15(27)9-17(23)19(29)25-6-2-4-13(25)11-21/h12-13,16-17H,1-9,22-23H2/t12?,13?,16-,17-/m0/s1. The highest BCUT2D eigenvalue weighted by Crippen LogP contribution is 2.19. The molecular weight excluding hydrogens is 376 g/mol. The Balaban J connectivity index is 1.80. The van der Waals surface area contributed by atoms with Crippen molar-refractivity contribution in [1.82, 2.24) is 9.80 Å². The normalized spacial score (nSPS) is 23.2. The van der Waals surface area contributed by atoms with E-state index in [0.717, 1.165) is 0 Å². The lowest BCUT2D eigenvalue weighted by Gasteiger charge is -2.23. The first-order valence-electron chi connectivity index (χ1n) is 9.73. The van der Waals surface area contributed by atoms with E-state index in [4.69, 9.17) is 22.0 Å². The maximum absolute atomic E-state index is 12.3. The summed E-state index contributed by atoms with van der Waals surface area (Å²) in [4.78, 5) is 51.6. The number of hydrogen-bond acceptors (Lipinski definition) is 8. The number of Topliss-reactive ketones (excluding diaryl/α,β-unsaturated/α-hetero) is 2. The lowest BCUT2D eigenvalue weighted by atomic mass is 10.0. The molecule has 10 nitrogen and oxygen atoms in total. The van der Waals surface area contributed by atoms with Gasteiger partial charge in [-0.05, 0) is 25.7 Å². The summed E-state index contributed by atoms with van der Waals surface area (Å²) in [6, 6.07) is 0.795. The number of likely N-dealkylation sites (tertiary alicyclic amines) is 2. The van der Waals surface area contributed by atoms with Crippen LogP contribution in [0.2, 0.25) is 0 Å². The van der Waals surface area contributed by atoms with Crippen LogP contribution in [0.4, 0.5) is 0 Å². The number of nitriles is 2. The van der Waals surface area contributed by atoms with Gasteiger partial charge < -0.3 is 21.3 Å². The predicted molar refractivity (Wildman–Crippen MR) is 101 cm³/mol. The molecular formula is C19H26N6O4. The molecule has 0 aromatic heterocycles. The van der Waals surface area contributed by atoms with Crippen molar-refractivity contribution in [2.24, 2.45) is 11.5 Å². The van der Waals surface area contributed by atoms with Gasteiger partial charge in [-0.15, -0.1) is 0 Å². The maximum atomic E-state index is 12.3. The SMILES string of the molecule is N#CC1CCCN1C(=O)[C@@H](N)CC(=O)CC(=O)C[C@H](N)C(=O)N1CCCC1C#N. The largest absolute Gasteiger partial charge is 0.325 e. The predicted octanol–water partition coefficient (Wildman–Crippen LogP) is -1.02. The number of carbonyl (C=O) groups is 4. The van der Waals surface area contributed by atoms with Crippen LogP contribution < -0.4 is 11.5 Å². The van der Waals surface area contributed by atoms with Crippen LogP contribution in [0.5, 0.6) is 0 Å². The molecule has 4 N–H and O–H groups in total. The van der Waals surface area contributed by atoms with Crippen molar-refractivity contribution in [2.75, 3.05) is 13.1 Å². The smallest absolute Gasteiger partial charge is 0.241 e. The second-order valence-corrected chi connectivity index (χ2v) is 7.51. The third-order valence-electron chi connectivity index (χ3n) is 5.29. The van der Waals surface area contributed by atoms with Gasteiger partial charge in [0, 0.05) is 25.9 Å². The molecule has 2 unspecified atom stereocenters. The van der Waals surface area contributed by atoms with Gasteiger partial charge in [0.25, 0.3) is 0 Å². The Morgan fingerprint density at radius 3 is 1.55 bits per heavy atom. The van der Waals surface area contributed by atoms with E-state index in [2.05, 4.69) is 0 Å². The number of nitrogens with two attached hydrogens (primary N) is 2. The summed E-state index contributed by atoms with van der Waals surface area (Å²) in [5.41, 5.74) is 11.6. The third kappa shape index (κ3) is 5.59. The van der Waals surface area contributed by atoms with Crippen molar-refractivity contribution < 1.29 is 19.2 Å². The molecule has 156 valence electrons. The Labute approximate surface area is 169 Å². The molecule has 0 aliphatic carbocycles. The van der Waals surface area contributed by atoms with E-state index in [1.54, 1.807) is 0 Å². The van der Waals surface area contributed by atoms with E-state index in [-0.39, 0.29) is 12.8 Å². The van der Waals surface area contributed by atoms with Crippen LogP contribution in [0, 0.1) is 22.7 Å². The summed E-state index contributed by atoms with van der Waals surface area (Å²) in [6.45, 7) is 0.851. The zero-order valence-electron chi connectivity index (χ0n) is 16.2. The summed E-state index contributed by atoms with van der Waals surface area (Å²) in [6.07, 6.45) is 1.48. The summed E-state index contributed by atoms with van der Waals surface area (Å²) in [7, 11) is 0. The van der Waals surface area contributed by atoms with Crippen molar-refractivity contribution in [1.29, 1.82) is 10.5 Å². The van der Waals surface area contributed by atoms with Gasteiger partial charge in [0.15, 0.2) is 0 Å². The van der Waals surface area contributed by atoms with Crippen LogP contribution in [0.25, 0.3) is 0 Å². The number of carbonyl (C=O) groups excluding carboxylic acids is 4. The molecule has 0 aromatic rings. The van der Waals surface area contributed by atoms with Crippen molar-refractivity contribution in [3.8, 4) is 12.1 Å². The Bertz CT molecular complexity index is 693. The average Bonchev–Trinajstić information content (AvgIpc) is 3.34. The average molecular weight is 402 g/mol. The van der Waals surface area contributed by atoms with Crippen LogP contribution in [0.1, 0.15) is 44.9 Å². The molecule has 2 fully saturated rings. The van der Waals surface area contributed by atoms with Crippen LogP contribution in [-0.4, -0.2) is 70.4 Å². The van der Waals surface area contributed by atoms with Gasteiger partial charge in [0.1, 0.15) is 23.7 Å². The van der Waals surface area contributed by atoms with Crippen LogP contribution in [0.15, 0.2) is 0 Å². The minimum Gasteiger partial charge on any atom is -0.325 e. The fraction of sp³-hybridized carbons (Fsp3) is 0.684. The molecule has 0 spiro atoms. The topological polar surface area (TPSA) is 174 Å². The summed E-state index contributed by atoms with van der Waals surface area (Å²) in [5.74, 6) is -1.98. The van der Waals surface area contributed by atoms with Crippen LogP contribution in [-0.2, 0) is 19.2 Å². The van der Waals surface area contributed by atoms with E-state index in [9.17, 15) is 19.2 Å². The second-order valence-electron chi connectivity index (χ2n) is 7.51. The van der Waals surface area contributed by atoms with Gasteiger partial charge >= 0.3 is 0 Å². The summed E-state index contributed by atoms with van der Waals surface area (Å²) < 4.78 is 0. The van der Waals surface area contributed by atoms with Gasteiger partial charge in [-0.3, -0.25) is 19.2 Å². The van der Waals surface area contributed by atoms with Crippen molar-refractivity contribution in [3.63, 3.8) is 0 Å². The fourth-order valence-electron chi connectivity index (χ4n) is 3.78. The second kappa shape index (κ2) is 10.1. The molecule has 2 saturated heterocycles. The van der Waals surface area contributed by atoms with Crippen LogP contribution >= 0.6 is 0 Å². The zero-order valence-corrected chi connectivity index (χ0v) is 16.2. The number of hydrogen-bond donors (Lipinski definition) is 2. The van der Waals surface area contributed by atoms with Crippen molar-refractivity contribution in [3.05, 3.63) is 0 Å². The molecule has 2 rings (SSSR count). The first kappa shape index (κ1) is 22.5. The molecule has 2 aliphatic rings. The highest BCUT2D eigenvalue weighted by molar-refractivity contribution is 6.02. The van der Waals surface area contributed by atoms with Crippen molar-refractivity contribution >= 4 is 23.4 Å². The van der Waals surface area contributed by atoms with Crippen LogP contribution in [0.3, 0.4) is 0 Å². The third-order valence-corrected chi connectivity index (χ3v) is 5.29. The molecule has 0 bridgehead atoms. The van der Waals surface area contributed by atoms with E-state index in [1.165, 1.54) is 9.80 Å². The molecule has 10 heteroatoms. The van der Waals surface area contributed by atoms with Gasteiger partial charge in [-0.25, -0.2) is 0 Å². The van der Waals surface area contributed by atoms with Gasteiger partial charge in [-0.2, -0.15) is 10.5 Å².